The topological polar surface area (TPSA) is 51.4 Å². The number of rotatable bonds is 5. The molecule has 1 atom stereocenters. The van der Waals surface area contributed by atoms with Crippen molar-refractivity contribution >= 4 is 16.6 Å². The molecule has 0 aliphatic rings. The molecule has 0 saturated heterocycles. The van der Waals surface area contributed by atoms with Gasteiger partial charge in [-0.25, -0.2) is 0 Å². The van der Waals surface area contributed by atoms with E-state index >= 15 is 0 Å². The SMILES string of the molecule is COCC(C)N(C)Cc1cc(N)c2ccccc2n1. The fourth-order valence-corrected chi connectivity index (χ4v) is 2.12. The van der Waals surface area contributed by atoms with Gasteiger partial charge in [-0.15, -0.1) is 0 Å². The first-order valence-corrected chi connectivity index (χ1v) is 6.45. The number of pyridine rings is 1. The van der Waals surface area contributed by atoms with Gasteiger partial charge in [0.1, 0.15) is 0 Å². The average molecular weight is 259 g/mol. The first-order chi connectivity index (χ1) is 9.11. The first-order valence-electron chi connectivity index (χ1n) is 6.45. The lowest BCUT2D eigenvalue weighted by atomic mass is 10.1. The number of likely N-dealkylation sites (N-methyl/N-ethyl adjacent to an activating group) is 1. The molecule has 0 saturated carbocycles. The molecule has 0 radical (unpaired) electrons. The average Bonchev–Trinajstić information content (AvgIpc) is 2.39. The maximum absolute atomic E-state index is 6.08. The third kappa shape index (κ3) is 3.22. The van der Waals surface area contributed by atoms with Crippen molar-refractivity contribution in [3.05, 3.63) is 36.0 Å². The summed E-state index contributed by atoms with van der Waals surface area (Å²) in [5.74, 6) is 0. The summed E-state index contributed by atoms with van der Waals surface area (Å²) in [4.78, 5) is 6.86. The van der Waals surface area contributed by atoms with Gasteiger partial charge in [0.15, 0.2) is 0 Å². The lowest BCUT2D eigenvalue weighted by Crippen LogP contribution is -2.32. The second kappa shape index (κ2) is 5.99. The standard InChI is InChI=1S/C15H21N3O/c1-11(10-19-3)18(2)9-12-8-14(16)13-6-4-5-7-15(13)17-12/h4-8,11H,9-10H2,1-3H3,(H2,16,17). The second-order valence-electron chi connectivity index (χ2n) is 4.94. The predicted octanol–water partition coefficient (Wildman–Crippen LogP) is 2.28. The number of methoxy groups -OCH3 is 1. The van der Waals surface area contributed by atoms with Crippen molar-refractivity contribution in [2.24, 2.45) is 0 Å². The van der Waals surface area contributed by atoms with Crippen molar-refractivity contribution in [3.8, 4) is 0 Å². The summed E-state index contributed by atoms with van der Waals surface area (Å²) in [7, 11) is 3.79. The monoisotopic (exact) mass is 259 g/mol. The number of aromatic nitrogens is 1. The zero-order valence-electron chi connectivity index (χ0n) is 11.8. The number of benzene rings is 1. The van der Waals surface area contributed by atoms with E-state index in [0.29, 0.717) is 12.6 Å². The Morgan fingerprint density at radius 2 is 2.11 bits per heavy atom. The van der Waals surface area contributed by atoms with Crippen LogP contribution in [0.4, 0.5) is 5.69 Å². The van der Waals surface area contributed by atoms with Crippen LogP contribution in [0.3, 0.4) is 0 Å². The number of nitrogen functional groups attached to an aromatic ring is 1. The molecule has 0 aliphatic heterocycles. The van der Waals surface area contributed by atoms with E-state index in [-0.39, 0.29) is 0 Å². The quantitative estimate of drug-likeness (QED) is 0.895. The second-order valence-corrected chi connectivity index (χ2v) is 4.94. The molecular formula is C15H21N3O. The number of fused-ring (bicyclic) bond motifs is 1. The molecule has 0 fully saturated rings. The number of hydrogen-bond donors (Lipinski definition) is 1. The number of ether oxygens (including phenoxy) is 1. The van der Waals surface area contributed by atoms with Crippen LogP contribution in [0, 0.1) is 0 Å². The lowest BCUT2D eigenvalue weighted by Gasteiger charge is -2.23. The first kappa shape index (κ1) is 13.8. The van der Waals surface area contributed by atoms with E-state index in [1.165, 1.54) is 0 Å². The van der Waals surface area contributed by atoms with E-state index in [0.717, 1.165) is 28.8 Å². The minimum absolute atomic E-state index is 0.347. The van der Waals surface area contributed by atoms with E-state index in [2.05, 4.69) is 23.9 Å². The highest BCUT2D eigenvalue weighted by molar-refractivity contribution is 5.90. The molecule has 0 amide bonds. The van der Waals surface area contributed by atoms with Crippen LogP contribution in [0.15, 0.2) is 30.3 Å². The van der Waals surface area contributed by atoms with Crippen LogP contribution < -0.4 is 5.73 Å². The molecule has 1 heterocycles. The van der Waals surface area contributed by atoms with Crippen molar-refractivity contribution in [1.29, 1.82) is 0 Å². The molecule has 19 heavy (non-hydrogen) atoms. The van der Waals surface area contributed by atoms with Crippen LogP contribution in [0.5, 0.6) is 0 Å². The summed E-state index contributed by atoms with van der Waals surface area (Å²) < 4.78 is 5.17. The van der Waals surface area contributed by atoms with Crippen LogP contribution >= 0.6 is 0 Å². The molecule has 2 N–H and O–H groups in total. The highest BCUT2D eigenvalue weighted by atomic mass is 16.5. The number of nitrogens with two attached hydrogens (primary N) is 1. The van der Waals surface area contributed by atoms with Gasteiger partial charge in [0, 0.05) is 30.8 Å². The van der Waals surface area contributed by atoms with Crippen LogP contribution in [0.25, 0.3) is 10.9 Å². The molecule has 1 aromatic heterocycles. The zero-order chi connectivity index (χ0) is 13.8. The smallest absolute Gasteiger partial charge is 0.0726 e. The van der Waals surface area contributed by atoms with E-state index in [4.69, 9.17) is 10.5 Å². The summed E-state index contributed by atoms with van der Waals surface area (Å²) in [5.41, 5.74) is 8.81. The molecule has 0 spiro atoms. The highest BCUT2D eigenvalue weighted by Crippen LogP contribution is 2.20. The Balaban J connectivity index is 2.21. The summed E-state index contributed by atoms with van der Waals surface area (Å²) in [6.45, 7) is 3.60. The number of anilines is 1. The lowest BCUT2D eigenvalue weighted by molar-refractivity contribution is 0.111. The molecule has 1 unspecified atom stereocenters. The Hall–Kier alpha value is -1.65. The Bertz CT molecular complexity index is 556. The molecule has 4 heteroatoms. The van der Waals surface area contributed by atoms with Crippen molar-refractivity contribution in [2.75, 3.05) is 26.5 Å². The van der Waals surface area contributed by atoms with E-state index in [1.54, 1.807) is 7.11 Å². The number of hydrogen-bond acceptors (Lipinski definition) is 4. The van der Waals surface area contributed by atoms with Crippen molar-refractivity contribution in [3.63, 3.8) is 0 Å². The van der Waals surface area contributed by atoms with Gasteiger partial charge in [-0.05, 0) is 26.1 Å². The minimum atomic E-state index is 0.347. The van der Waals surface area contributed by atoms with Crippen molar-refractivity contribution in [1.82, 2.24) is 9.88 Å². The molecule has 102 valence electrons. The molecule has 0 aliphatic carbocycles. The Labute approximate surface area is 114 Å². The van der Waals surface area contributed by atoms with Gasteiger partial charge in [-0.2, -0.15) is 0 Å². The molecular weight excluding hydrogens is 238 g/mol. The number of para-hydroxylation sites is 1. The van der Waals surface area contributed by atoms with E-state index < -0.39 is 0 Å². The summed E-state index contributed by atoms with van der Waals surface area (Å²) in [6.07, 6.45) is 0. The van der Waals surface area contributed by atoms with Crippen LogP contribution in [-0.2, 0) is 11.3 Å². The van der Waals surface area contributed by atoms with Crippen LogP contribution in [0.2, 0.25) is 0 Å². The van der Waals surface area contributed by atoms with Gasteiger partial charge in [-0.1, -0.05) is 18.2 Å². The van der Waals surface area contributed by atoms with E-state index in [1.807, 2.05) is 30.3 Å². The maximum Gasteiger partial charge on any atom is 0.0726 e. The van der Waals surface area contributed by atoms with Crippen molar-refractivity contribution < 1.29 is 4.74 Å². The fraction of sp³-hybridized carbons (Fsp3) is 0.400. The Kier molecular flexibility index (Phi) is 4.35. The van der Waals surface area contributed by atoms with Gasteiger partial charge in [0.25, 0.3) is 0 Å². The van der Waals surface area contributed by atoms with Gasteiger partial charge < -0.3 is 10.5 Å². The molecule has 2 aromatic rings. The highest BCUT2D eigenvalue weighted by Gasteiger charge is 2.11. The predicted molar refractivity (Wildman–Crippen MR) is 79.0 cm³/mol. The molecule has 2 rings (SSSR count). The molecule has 4 nitrogen and oxygen atoms in total. The Morgan fingerprint density at radius 1 is 1.37 bits per heavy atom. The fourth-order valence-electron chi connectivity index (χ4n) is 2.12. The maximum atomic E-state index is 6.08. The van der Waals surface area contributed by atoms with Gasteiger partial charge in [0.05, 0.1) is 17.8 Å². The number of nitrogens with zero attached hydrogens (tertiary/aromatic N) is 2. The minimum Gasteiger partial charge on any atom is -0.398 e. The van der Waals surface area contributed by atoms with Crippen LogP contribution in [0.1, 0.15) is 12.6 Å². The summed E-state index contributed by atoms with van der Waals surface area (Å²) in [5, 5.41) is 1.01. The van der Waals surface area contributed by atoms with E-state index in [9.17, 15) is 0 Å². The third-order valence-electron chi connectivity index (χ3n) is 3.37. The normalized spacial score (nSPS) is 13.1. The molecule has 0 bridgehead atoms. The van der Waals surface area contributed by atoms with Crippen molar-refractivity contribution in [2.45, 2.75) is 19.5 Å². The summed E-state index contributed by atoms with van der Waals surface area (Å²) >= 11 is 0. The largest absolute Gasteiger partial charge is 0.398 e. The van der Waals surface area contributed by atoms with Crippen LogP contribution in [-0.4, -0.2) is 36.7 Å². The third-order valence-corrected chi connectivity index (χ3v) is 3.37. The Morgan fingerprint density at radius 3 is 2.84 bits per heavy atom. The van der Waals surface area contributed by atoms with Gasteiger partial charge in [-0.3, -0.25) is 9.88 Å². The zero-order valence-corrected chi connectivity index (χ0v) is 11.8. The molecule has 1 aromatic carbocycles. The van der Waals surface area contributed by atoms with Gasteiger partial charge in [0.2, 0.25) is 0 Å². The van der Waals surface area contributed by atoms with Gasteiger partial charge >= 0.3 is 0 Å². The summed E-state index contributed by atoms with van der Waals surface area (Å²) in [6, 6.07) is 10.3.